The van der Waals surface area contributed by atoms with Gasteiger partial charge in [-0.3, -0.25) is 14.3 Å². The third-order valence-corrected chi connectivity index (χ3v) is 3.25. The molecule has 4 unspecified atom stereocenters. The maximum atomic E-state index is 11.5. The average Bonchev–Trinajstić information content (AvgIpc) is 2.57. The van der Waals surface area contributed by atoms with Crippen molar-refractivity contribution < 1.29 is 14.9 Å². The van der Waals surface area contributed by atoms with Gasteiger partial charge in [0.05, 0.1) is 6.10 Å². The first kappa shape index (κ1) is 12.5. The summed E-state index contributed by atoms with van der Waals surface area (Å²) in [5.41, 5.74) is -1.22. The Morgan fingerprint density at radius 1 is 1.41 bits per heavy atom. The van der Waals surface area contributed by atoms with Crippen LogP contribution in [0.3, 0.4) is 0 Å². The second-order valence-electron chi connectivity index (χ2n) is 3.72. The van der Waals surface area contributed by atoms with Crippen molar-refractivity contribution in [2.75, 3.05) is 5.33 Å². The number of alkyl halides is 1. The van der Waals surface area contributed by atoms with Crippen molar-refractivity contribution in [3.63, 3.8) is 0 Å². The third kappa shape index (κ3) is 2.21. The zero-order valence-electron chi connectivity index (χ0n) is 8.62. The van der Waals surface area contributed by atoms with Gasteiger partial charge in [-0.15, -0.1) is 0 Å². The molecule has 7 nitrogen and oxygen atoms in total. The van der Waals surface area contributed by atoms with Gasteiger partial charge in [0.1, 0.15) is 12.2 Å². The van der Waals surface area contributed by atoms with Crippen LogP contribution >= 0.6 is 15.9 Å². The van der Waals surface area contributed by atoms with Crippen molar-refractivity contribution in [1.82, 2.24) is 9.55 Å². The van der Waals surface area contributed by atoms with E-state index in [9.17, 15) is 19.8 Å². The molecule has 94 valence electrons. The molecule has 1 aliphatic heterocycles. The molecule has 1 aromatic heterocycles. The lowest BCUT2D eigenvalue weighted by atomic mass is 10.1. The van der Waals surface area contributed by atoms with Gasteiger partial charge in [0.25, 0.3) is 5.56 Å². The number of hydrogen-bond acceptors (Lipinski definition) is 5. The standard InChI is InChI=1S/C9H11BrN2O5/c10-3-4-6(14)7(15)8(17-4)12-2-1-5(13)11-9(12)16/h1-2,4,6-8,14-15H,3H2,(H,11,13,16). The lowest BCUT2D eigenvalue weighted by Crippen LogP contribution is -2.37. The van der Waals surface area contributed by atoms with Gasteiger partial charge in [-0.25, -0.2) is 4.79 Å². The van der Waals surface area contributed by atoms with E-state index in [4.69, 9.17) is 4.74 Å². The van der Waals surface area contributed by atoms with Crippen molar-refractivity contribution in [1.29, 1.82) is 0 Å². The minimum atomic E-state index is -1.22. The van der Waals surface area contributed by atoms with Gasteiger partial charge in [0.15, 0.2) is 6.23 Å². The van der Waals surface area contributed by atoms with Crippen LogP contribution in [-0.2, 0) is 4.74 Å². The summed E-state index contributed by atoms with van der Waals surface area (Å²) in [6.45, 7) is 0. The monoisotopic (exact) mass is 306 g/mol. The molecule has 8 heteroatoms. The minimum absolute atomic E-state index is 0.333. The highest BCUT2D eigenvalue weighted by atomic mass is 79.9. The van der Waals surface area contributed by atoms with Crippen LogP contribution in [0.25, 0.3) is 0 Å². The van der Waals surface area contributed by atoms with Gasteiger partial charge in [0, 0.05) is 17.6 Å². The molecule has 3 N–H and O–H groups in total. The normalized spacial score (nSPS) is 32.9. The molecular weight excluding hydrogens is 296 g/mol. The lowest BCUT2D eigenvalue weighted by Gasteiger charge is -2.16. The first-order valence-electron chi connectivity index (χ1n) is 4.93. The number of aliphatic hydroxyl groups is 2. The molecule has 2 rings (SSSR count). The Bertz CT molecular complexity index is 513. The molecule has 4 atom stereocenters. The van der Waals surface area contributed by atoms with Gasteiger partial charge >= 0.3 is 5.69 Å². The minimum Gasteiger partial charge on any atom is -0.387 e. The van der Waals surface area contributed by atoms with E-state index in [1.54, 1.807) is 0 Å². The van der Waals surface area contributed by atoms with Crippen molar-refractivity contribution in [2.24, 2.45) is 0 Å². The SMILES string of the molecule is O=c1ccn(C2OC(CBr)C(O)C2O)c(=O)[nH]1. The number of nitrogens with one attached hydrogen (secondary N) is 1. The molecule has 0 radical (unpaired) electrons. The molecule has 0 aromatic carbocycles. The van der Waals surface area contributed by atoms with E-state index in [1.807, 2.05) is 0 Å². The number of aromatic nitrogens is 2. The summed E-state index contributed by atoms with van der Waals surface area (Å²) >= 11 is 3.13. The zero-order chi connectivity index (χ0) is 12.6. The van der Waals surface area contributed by atoms with E-state index in [-0.39, 0.29) is 0 Å². The number of aromatic amines is 1. The number of nitrogens with zero attached hydrogens (tertiary/aromatic N) is 1. The van der Waals surface area contributed by atoms with Crippen LogP contribution in [0.4, 0.5) is 0 Å². The molecule has 1 aliphatic rings. The van der Waals surface area contributed by atoms with Gasteiger partial charge in [0.2, 0.25) is 0 Å². The van der Waals surface area contributed by atoms with Crippen LogP contribution in [-0.4, -0.2) is 43.4 Å². The highest BCUT2D eigenvalue weighted by molar-refractivity contribution is 9.09. The Labute approximate surface area is 104 Å². The molecule has 0 saturated carbocycles. The van der Waals surface area contributed by atoms with Crippen LogP contribution in [0.2, 0.25) is 0 Å². The quantitative estimate of drug-likeness (QED) is 0.580. The molecular formula is C9H11BrN2O5. The van der Waals surface area contributed by atoms with Gasteiger partial charge < -0.3 is 14.9 Å². The molecule has 0 bridgehead atoms. The summed E-state index contributed by atoms with van der Waals surface area (Å²) in [5.74, 6) is 0. The topological polar surface area (TPSA) is 105 Å². The molecule has 1 saturated heterocycles. The predicted octanol–water partition coefficient (Wildman–Crippen LogP) is -1.45. The summed E-state index contributed by atoms with van der Waals surface area (Å²) in [6, 6.07) is 1.14. The largest absolute Gasteiger partial charge is 0.387 e. The van der Waals surface area contributed by atoms with Crippen molar-refractivity contribution >= 4 is 15.9 Å². The van der Waals surface area contributed by atoms with E-state index in [2.05, 4.69) is 20.9 Å². The summed E-state index contributed by atoms with van der Waals surface area (Å²) in [6.07, 6.45) is -2.69. The molecule has 0 amide bonds. The second kappa shape index (κ2) is 4.73. The van der Waals surface area contributed by atoms with E-state index < -0.39 is 35.8 Å². The average molecular weight is 307 g/mol. The van der Waals surface area contributed by atoms with Crippen molar-refractivity contribution in [3.05, 3.63) is 33.1 Å². The molecule has 0 aliphatic carbocycles. The molecule has 0 spiro atoms. The Hall–Kier alpha value is -0.960. The van der Waals surface area contributed by atoms with Crippen molar-refractivity contribution in [3.8, 4) is 0 Å². The van der Waals surface area contributed by atoms with Crippen LogP contribution in [0.15, 0.2) is 21.9 Å². The first-order chi connectivity index (χ1) is 8.04. The fourth-order valence-electron chi connectivity index (χ4n) is 1.71. The summed E-state index contributed by atoms with van der Waals surface area (Å²) in [4.78, 5) is 24.4. The molecule has 17 heavy (non-hydrogen) atoms. The highest BCUT2D eigenvalue weighted by Crippen LogP contribution is 2.28. The smallest absolute Gasteiger partial charge is 0.330 e. The van der Waals surface area contributed by atoms with Gasteiger partial charge in [-0.1, -0.05) is 15.9 Å². The van der Waals surface area contributed by atoms with E-state index in [0.29, 0.717) is 5.33 Å². The fraction of sp³-hybridized carbons (Fsp3) is 0.556. The van der Waals surface area contributed by atoms with Crippen LogP contribution in [0, 0.1) is 0 Å². The van der Waals surface area contributed by atoms with Crippen molar-refractivity contribution in [2.45, 2.75) is 24.5 Å². The number of aliphatic hydroxyl groups excluding tert-OH is 2. The fourth-order valence-corrected chi connectivity index (χ4v) is 2.25. The zero-order valence-corrected chi connectivity index (χ0v) is 10.2. The number of ether oxygens (including phenoxy) is 1. The van der Waals surface area contributed by atoms with E-state index >= 15 is 0 Å². The number of H-pyrrole nitrogens is 1. The maximum absolute atomic E-state index is 11.5. The molecule has 1 aromatic rings. The molecule has 2 heterocycles. The van der Waals surface area contributed by atoms with Gasteiger partial charge in [-0.05, 0) is 0 Å². The number of hydrogen-bond donors (Lipinski definition) is 3. The van der Waals surface area contributed by atoms with E-state index in [1.165, 1.54) is 6.20 Å². The maximum Gasteiger partial charge on any atom is 0.330 e. The Balaban J connectivity index is 2.35. The predicted molar refractivity (Wildman–Crippen MR) is 61.0 cm³/mol. The van der Waals surface area contributed by atoms with Gasteiger partial charge in [-0.2, -0.15) is 0 Å². The summed E-state index contributed by atoms with van der Waals surface area (Å²) < 4.78 is 6.38. The highest BCUT2D eigenvalue weighted by Gasteiger charge is 2.43. The summed E-state index contributed by atoms with van der Waals surface area (Å²) in [7, 11) is 0. The lowest BCUT2D eigenvalue weighted by molar-refractivity contribution is -0.0338. The van der Waals surface area contributed by atoms with Crippen LogP contribution in [0.1, 0.15) is 6.23 Å². The Morgan fingerprint density at radius 2 is 2.12 bits per heavy atom. The Morgan fingerprint density at radius 3 is 2.65 bits per heavy atom. The van der Waals surface area contributed by atoms with Crippen LogP contribution in [0.5, 0.6) is 0 Å². The van der Waals surface area contributed by atoms with E-state index in [0.717, 1.165) is 10.6 Å². The third-order valence-electron chi connectivity index (χ3n) is 2.61. The Kier molecular flexibility index (Phi) is 3.48. The first-order valence-corrected chi connectivity index (χ1v) is 6.06. The molecule has 1 fully saturated rings. The van der Waals surface area contributed by atoms with Crippen LogP contribution < -0.4 is 11.2 Å². The summed E-state index contributed by atoms with van der Waals surface area (Å²) in [5, 5.41) is 19.7. The number of rotatable bonds is 2. The second-order valence-corrected chi connectivity index (χ2v) is 4.37. The number of halogens is 1.